The molecule has 0 bridgehead atoms. The largest absolute Gasteiger partial charge is 0.322 e. The van der Waals surface area contributed by atoms with E-state index >= 15 is 0 Å². The topological polar surface area (TPSA) is 42.0 Å². The molecule has 2 aromatic rings. The molecule has 1 aromatic heterocycles. The molecule has 0 aliphatic heterocycles. The summed E-state index contributed by atoms with van der Waals surface area (Å²) >= 11 is 0. The molecule has 2 rings (SSSR count). The number of anilines is 1. The van der Waals surface area contributed by atoms with E-state index in [9.17, 15) is 13.6 Å². The van der Waals surface area contributed by atoms with E-state index in [1.54, 1.807) is 30.6 Å². The highest BCUT2D eigenvalue weighted by atomic mass is 19.2. The van der Waals surface area contributed by atoms with Crippen LogP contribution in [0, 0.1) is 11.6 Å². The Morgan fingerprint density at radius 3 is 2.74 bits per heavy atom. The van der Waals surface area contributed by atoms with E-state index in [0.29, 0.717) is 0 Å². The maximum atomic E-state index is 12.9. The third-order valence-corrected chi connectivity index (χ3v) is 2.30. The molecule has 0 atom stereocenters. The number of amides is 1. The zero-order chi connectivity index (χ0) is 13.7. The lowest BCUT2D eigenvalue weighted by atomic mass is 10.2. The number of rotatable bonds is 3. The monoisotopic (exact) mass is 260 g/mol. The maximum absolute atomic E-state index is 12.9. The summed E-state index contributed by atoms with van der Waals surface area (Å²) in [6, 6.07) is 6.69. The summed E-state index contributed by atoms with van der Waals surface area (Å²) < 4.78 is 25.6. The maximum Gasteiger partial charge on any atom is 0.248 e. The van der Waals surface area contributed by atoms with Crippen LogP contribution in [0.3, 0.4) is 0 Å². The van der Waals surface area contributed by atoms with Gasteiger partial charge in [0, 0.05) is 30.2 Å². The molecule has 19 heavy (non-hydrogen) atoms. The Balaban J connectivity index is 2.01. The quantitative estimate of drug-likeness (QED) is 0.862. The summed E-state index contributed by atoms with van der Waals surface area (Å²) in [6.07, 6.45) is 6.08. The number of pyridine rings is 1. The Morgan fingerprint density at radius 2 is 2.05 bits per heavy atom. The molecule has 0 spiro atoms. The average molecular weight is 260 g/mol. The fourth-order valence-corrected chi connectivity index (χ4v) is 1.40. The second-order valence-corrected chi connectivity index (χ2v) is 3.74. The predicted octanol–water partition coefficient (Wildman–Crippen LogP) is 3.01. The second kappa shape index (κ2) is 5.86. The van der Waals surface area contributed by atoms with Crippen LogP contribution in [0.2, 0.25) is 0 Å². The first kappa shape index (κ1) is 12.9. The van der Waals surface area contributed by atoms with Crippen LogP contribution in [0.5, 0.6) is 0 Å². The van der Waals surface area contributed by atoms with Crippen molar-refractivity contribution in [1.82, 2.24) is 4.98 Å². The highest BCUT2D eigenvalue weighted by Crippen LogP contribution is 2.13. The molecule has 0 fully saturated rings. The van der Waals surface area contributed by atoms with Crippen molar-refractivity contribution < 1.29 is 13.6 Å². The molecule has 0 aliphatic rings. The molecular formula is C14H10F2N2O. The second-order valence-electron chi connectivity index (χ2n) is 3.74. The van der Waals surface area contributed by atoms with Crippen LogP contribution in [0.1, 0.15) is 5.56 Å². The number of carbonyl (C=O) groups excluding carboxylic acids is 1. The fourth-order valence-electron chi connectivity index (χ4n) is 1.40. The van der Waals surface area contributed by atoms with Crippen molar-refractivity contribution in [2.75, 3.05) is 5.32 Å². The van der Waals surface area contributed by atoms with E-state index in [-0.39, 0.29) is 5.69 Å². The third-order valence-electron chi connectivity index (χ3n) is 2.30. The van der Waals surface area contributed by atoms with E-state index in [0.717, 1.165) is 17.7 Å². The normalized spacial score (nSPS) is 10.6. The molecule has 1 amide bonds. The van der Waals surface area contributed by atoms with Gasteiger partial charge in [0.1, 0.15) is 0 Å². The highest BCUT2D eigenvalue weighted by Gasteiger charge is 2.03. The van der Waals surface area contributed by atoms with Crippen molar-refractivity contribution in [2.45, 2.75) is 0 Å². The molecular weight excluding hydrogens is 250 g/mol. The number of hydrogen-bond acceptors (Lipinski definition) is 2. The van der Waals surface area contributed by atoms with Crippen molar-refractivity contribution in [3.05, 3.63) is 66.0 Å². The van der Waals surface area contributed by atoms with Gasteiger partial charge >= 0.3 is 0 Å². The van der Waals surface area contributed by atoms with Gasteiger partial charge in [0.15, 0.2) is 11.6 Å². The molecule has 0 saturated heterocycles. The molecule has 1 aromatic carbocycles. The summed E-state index contributed by atoms with van der Waals surface area (Å²) in [6.45, 7) is 0. The summed E-state index contributed by atoms with van der Waals surface area (Å²) in [5, 5.41) is 2.43. The number of benzene rings is 1. The van der Waals surface area contributed by atoms with Crippen molar-refractivity contribution >= 4 is 17.7 Å². The number of nitrogens with one attached hydrogen (secondary N) is 1. The van der Waals surface area contributed by atoms with E-state index in [1.807, 2.05) is 0 Å². The van der Waals surface area contributed by atoms with Gasteiger partial charge in [-0.2, -0.15) is 0 Å². The smallest absolute Gasteiger partial charge is 0.248 e. The molecule has 1 heterocycles. The number of nitrogens with zero attached hydrogens (tertiary/aromatic N) is 1. The van der Waals surface area contributed by atoms with E-state index in [1.165, 1.54) is 12.1 Å². The minimum Gasteiger partial charge on any atom is -0.322 e. The first-order valence-corrected chi connectivity index (χ1v) is 5.49. The predicted molar refractivity (Wildman–Crippen MR) is 68.3 cm³/mol. The Kier molecular flexibility index (Phi) is 3.97. The van der Waals surface area contributed by atoms with Crippen LogP contribution < -0.4 is 5.32 Å². The Hall–Kier alpha value is -2.56. The van der Waals surface area contributed by atoms with E-state index in [2.05, 4.69) is 10.3 Å². The lowest BCUT2D eigenvalue weighted by Crippen LogP contribution is -2.08. The van der Waals surface area contributed by atoms with Crippen LogP contribution in [-0.4, -0.2) is 10.9 Å². The molecule has 0 unspecified atom stereocenters. The highest BCUT2D eigenvalue weighted by molar-refractivity contribution is 6.01. The van der Waals surface area contributed by atoms with Crippen molar-refractivity contribution in [2.24, 2.45) is 0 Å². The zero-order valence-electron chi connectivity index (χ0n) is 9.81. The van der Waals surface area contributed by atoms with Gasteiger partial charge in [-0.3, -0.25) is 9.78 Å². The van der Waals surface area contributed by atoms with Crippen molar-refractivity contribution in [3.63, 3.8) is 0 Å². The summed E-state index contributed by atoms with van der Waals surface area (Å²) in [5.74, 6) is -2.40. The summed E-state index contributed by atoms with van der Waals surface area (Å²) in [4.78, 5) is 15.4. The van der Waals surface area contributed by atoms with Crippen LogP contribution in [0.15, 0.2) is 48.8 Å². The molecule has 3 nitrogen and oxygen atoms in total. The van der Waals surface area contributed by atoms with Gasteiger partial charge in [-0.25, -0.2) is 8.78 Å². The molecule has 1 N–H and O–H groups in total. The van der Waals surface area contributed by atoms with Crippen molar-refractivity contribution in [3.8, 4) is 0 Å². The Morgan fingerprint density at radius 1 is 1.21 bits per heavy atom. The average Bonchev–Trinajstić information content (AvgIpc) is 2.42. The standard InChI is InChI=1S/C14H10F2N2O/c15-12-5-4-11(8-13(12)16)18-14(19)6-3-10-2-1-7-17-9-10/h1-9H,(H,18,19). The van der Waals surface area contributed by atoms with Gasteiger partial charge in [0.2, 0.25) is 5.91 Å². The summed E-state index contributed by atoms with van der Waals surface area (Å²) in [5.41, 5.74) is 0.961. The lowest BCUT2D eigenvalue weighted by molar-refractivity contribution is -0.111. The summed E-state index contributed by atoms with van der Waals surface area (Å²) in [7, 11) is 0. The Labute approximate surface area is 108 Å². The van der Waals surface area contributed by atoms with Crippen LogP contribution in [0.4, 0.5) is 14.5 Å². The fraction of sp³-hybridized carbons (Fsp3) is 0. The van der Waals surface area contributed by atoms with Crippen LogP contribution in [-0.2, 0) is 4.79 Å². The minimum absolute atomic E-state index is 0.194. The lowest BCUT2D eigenvalue weighted by Gasteiger charge is -2.02. The van der Waals surface area contributed by atoms with Crippen LogP contribution in [0.25, 0.3) is 6.08 Å². The molecule has 0 aliphatic carbocycles. The molecule has 5 heteroatoms. The SMILES string of the molecule is O=C(C=Cc1cccnc1)Nc1ccc(F)c(F)c1. The van der Waals surface area contributed by atoms with Gasteiger partial charge in [0.05, 0.1) is 0 Å². The van der Waals surface area contributed by atoms with Gasteiger partial charge in [-0.15, -0.1) is 0 Å². The van der Waals surface area contributed by atoms with Gasteiger partial charge in [-0.05, 0) is 29.8 Å². The van der Waals surface area contributed by atoms with Crippen molar-refractivity contribution in [1.29, 1.82) is 0 Å². The number of aromatic nitrogens is 1. The first-order chi connectivity index (χ1) is 9.15. The van der Waals surface area contributed by atoms with Gasteiger partial charge < -0.3 is 5.32 Å². The van der Waals surface area contributed by atoms with E-state index in [4.69, 9.17) is 0 Å². The minimum atomic E-state index is -1.01. The number of halogens is 2. The first-order valence-electron chi connectivity index (χ1n) is 5.49. The Bertz CT molecular complexity index is 612. The zero-order valence-corrected chi connectivity index (χ0v) is 9.81. The van der Waals surface area contributed by atoms with Crippen LogP contribution >= 0.6 is 0 Å². The molecule has 96 valence electrons. The third kappa shape index (κ3) is 3.70. The van der Waals surface area contributed by atoms with Gasteiger partial charge in [0.25, 0.3) is 0 Å². The number of hydrogen-bond donors (Lipinski definition) is 1. The molecule has 0 saturated carbocycles. The number of carbonyl (C=O) groups is 1. The van der Waals surface area contributed by atoms with E-state index < -0.39 is 17.5 Å². The van der Waals surface area contributed by atoms with Gasteiger partial charge in [-0.1, -0.05) is 6.07 Å². The molecule has 0 radical (unpaired) electrons.